The van der Waals surface area contributed by atoms with Crippen LogP contribution in [0, 0.1) is 5.82 Å². The number of aliphatic hydroxyl groups is 1. The first-order valence-corrected chi connectivity index (χ1v) is 7.47. The molecule has 1 amide bonds. The molecule has 23 heavy (non-hydrogen) atoms. The number of ether oxygens (including phenoxy) is 1. The van der Waals surface area contributed by atoms with Gasteiger partial charge in [-0.15, -0.1) is 0 Å². The van der Waals surface area contributed by atoms with Crippen LogP contribution in [0.4, 0.5) is 4.39 Å². The van der Waals surface area contributed by atoms with E-state index in [0.29, 0.717) is 18.8 Å². The SMILES string of the molecule is CCN(Cc1cccc(F)c1)C(=O)COc1cccc(CO)c1. The Labute approximate surface area is 135 Å². The van der Waals surface area contributed by atoms with Crippen LogP contribution in [0.3, 0.4) is 0 Å². The molecular weight excluding hydrogens is 297 g/mol. The molecule has 0 fully saturated rings. The van der Waals surface area contributed by atoms with Crippen molar-refractivity contribution in [3.05, 3.63) is 65.5 Å². The Morgan fingerprint density at radius 1 is 1.17 bits per heavy atom. The van der Waals surface area contributed by atoms with Crippen LogP contribution in [0.25, 0.3) is 0 Å². The molecule has 0 aliphatic rings. The lowest BCUT2D eigenvalue weighted by atomic mass is 10.2. The number of rotatable bonds is 7. The maximum atomic E-state index is 13.2. The zero-order chi connectivity index (χ0) is 16.7. The van der Waals surface area contributed by atoms with Crippen LogP contribution in [-0.2, 0) is 17.9 Å². The van der Waals surface area contributed by atoms with Gasteiger partial charge in [-0.2, -0.15) is 0 Å². The van der Waals surface area contributed by atoms with Crippen molar-refractivity contribution in [2.75, 3.05) is 13.2 Å². The molecule has 0 spiro atoms. The summed E-state index contributed by atoms with van der Waals surface area (Å²) in [5, 5.41) is 9.09. The molecule has 1 N–H and O–H groups in total. The lowest BCUT2D eigenvalue weighted by Crippen LogP contribution is -2.34. The number of aliphatic hydroxyl groups excluding tert-OH is 1. The molecule has 0 unspecified atom stereocenters. The topological polar surface area (TPSA) is 49.8 Å². The second-order valence-electron chi connectivity index (χ2n) is 5.13. The van der Waals surface area contributed by atoms with Gasteiger partial charge < -0.3 is 14.7 Å². The number of carbonyl (C=O) groups excluding carboxylic acids is 1. The maximum Gasteiger partial charge on any atom is 0.260 e. The van der Waals surface area contributed by atoms with E-state index in [2.05, 4.69) is 0 Å². The molecule has 0 bridgehead atoms. The summed E-state index contributed by atoms with van der Waals surface area (Å²) in [4.78, 5) is 13.9. The second kappa shape index (κ2) is 8.29. The van der Waals surface area contributed by atoms with Crippen molar-refractivity contribution in [1.29, 1.82) is 0 Å². The Hall–Kier alpha value is -2.40. The van der Waals surface area contributed by atoms with Gasteiger partial charge in [0.15, 0.2) is 6.61 Å². The Morgan fingerprint density at radius 3 is 2.61 bits per heavy atom. The summed E-state index contributed by atoms with van der Waals surface area (Å²) in [5.41, 5.74) is 1.46. The van der Waals surface area contributed by atoms with E-state index in [0.717, 1.165) is 11.1 Å². The maximum absolute atomic E-state index is 13.2. The fourth-order valence-corrected chi connectivity index (χ4v) is 2.20. The summed E-state index contributed by atoms with van der Waals surface area (Å²) in [6.07, 6.45) is 0. The number of benzene rings is 2. The van der Waals surface area contributed by atoms with E-state index in [9.17, 15) is 9.18 Å². The zero-order valence-corrected chi connectivity index (χ0v) is 13.0. The van der Waals surface area contributed by atoms with Gasteiger partial charge in [-0.1, -0.05) is 24.3 Å². The first-order chi connectivity index (χ1) is 11.1. The quantitative estimate of drug-likeness (QED) is 0.854. The lowest BCUT2D eigenvalue weighted by molar-refractivity contribution is -0.133. The molecule has 2 aromatic carbocycles. The summed E-state index contributed by atoms with van der Waals surface area (Å²) in [6.45, 7) is 2.54. The van der Waals surface area contributed by atoms with Gasteiger partial charge in [0.2, 0.25) is 0 Å². The molecule has 122 valence electrons. The molecule has 0 atom stereocenters. The van der Waals surface area contributed by atoms with Gasteiger partial charge in [0.1, 0.15) is 11.6 Å². The highest BCUT2D eigenvalue weighted by molar-refractivity contribution is 5.77. The van der Waals surface area contributed by atoms with Crippen LogP contribution < -0.4 is 4.74 Å². The molecule has 2 rings (SSSR count). The molecule has 0 heterocycles. The molecule has 0 aliphatic carbocycles. The third-order valence-electron chi connectivity index (χ3n) is 3.44. The highest BCUT2D eigenvalue weighted by atomic mass is 19.1. The van der Waals surface area contributed by atoms with Crippen molar-refractivity contribution in [2.45, 2.75) is 20.1 Å². The summed E-state index contributed by atoms with van der Waals surface area (Å²) < 4.78 is 18.7. The summed E-state index contributed by atoms with van der Waals surface area (Å²) >= 11 is 0. The number of likely N-dealkylation sites (N-methyl/N-ethyl adjacent to an activating group) is 1. The average molecular weight is 317 g/mol. The molecule has 0 aliphatic heterocycles. The first-order valence-electron chi connectivity index (χ1n) is 7.47. The van der Waals surface area contributed by atoms with Crippen molar-refractivity contribution in [1.82, 2.24) is 4.90 Å². The highest BCUT2D eigenvalue weighted by Crippen LogP contribution is 2.14. The molecular formula is C18H20FNO3. The monoisotopic (exact) mass is 317 g/mol. The van der Waals surface area contributed by atoms with Crippen molar-refractivity contribution >= 4 is 5.91 Å². The van der Waals surface area contributed by atoms with Crippen LogP contribution in [0.15, 0.2) is 48.5 Å². The van der Waals surface area contributed by atoms with Gasteiger partial charge in [0.05, 0.1) is 6.61 Å². The first kappa shape index (κ1) is 17.0. The molecule has 4 nitrogen and oxygen atoms in total. The summed E-state index contributed by atoms with van der Waals surface area (Å²) in [7, 11) is 0. The summed E-state index contributed by atoms with van der Waals surface area (Å²) in [6, 6.07) is 13.2. The van der Waals surface area contributed by atoms with Crippen molar-refractivity contribution in [2.24, 2.45) is 0 Å². The molecule has 0 saturated heterocycles. The zero-order valence-electron chi connectivity index (χ0n) is 13.0. The third-order valence-corrected chi connectivity index (χ3v) is 3.44. The minimum atomic E-state index is -0.317. The van der Waals surface area contributed by atoms with E-state index >= 15 is 0 Å². The Morgan fingerprint density at radius 2 is 1.91 bits per heavy atom. The standard InChI is InChI=1S/C18H20FNO3/c1-2-20(11-14-5-3-7-16(19)9-14)18(22)13-23-17-8-4-6-15(10-17)12-21/h3-10,21H,2,11-13H2,1H3. The van der Waals surface area contributed by atoms with Gasteiger partial charge in [-0.3, -0.25) is 4.79 Å². The average Bonchev–Trinajstić information content (AvgIpc) is 2.57. The number of halogens is 1. The number of hydrogen-bond acceptors (Lipinski definition) is 3. The number of carbonyl (C=O) groups is 1. The van der Waals surface area contributed by atoms with Crippen LogP contribution in [0.5, 0.6) is 5.75 Å². The fourth-order valence-electron chi connectivity index (χ4n) is 2.20. The van der Waals surface area contributed by atoms with Crippen LogP contribution in [-0.4, -0.2) is 29.1 Å². The fraction of sp³-hybridized carbons (Fsp3) is 0.278. The summed E-state index contributed by atoms with van der Waals surface area (Å²) in [5.74, 6) is 0.0425. The second-order valence-corrected chi connectivity index (χ2v) is 5.13. The van der Waals surface area contributed by atoms with E-state index in [-0.39, 0.29) is 24.9 Å². The smallest absolute Gasteiger partial charge is 0.260 e. The van der Waals surface area contributed by atoms with Gasteiger partial charge in [-0.25, -0.2) is 4.39 Å². The number of amides is 1. The van der Waals surface area contributed by atoms with Crippen molar-refractivity contribution in [3.63, 3.8) is 0 Å². The predicted octanol–water partition coefficient (Wildman–Crippen LogP) is 2.75. The Kier molecular flexibility index (Phi) is 6.11. The normalized spacial score (nSPS) is 10.4. The number of hydrogen-bond donors (Lipinski definition) is 1. The van der Waals surface area contributed by atoms with E-state index in [1.807, 2.05) is 6.92 Å². The highest BCUT2D eigenvalue weighted by Gasteiger charge is 2.13. The molecule has 0 saturated carbocycles. The molecule has 0 aromatic heterocycles. The lowest BCUT2D eigenvalue weighted by Gasteiger charge is -2.21. The number of nitrogens with zero attached hydrogens (tertiary/aromatic N) is 1. The van der Waals surface area contributed by atoms with E-state index in [1.54, 1.807) is 41.3 Å². The van der Waals surface area contributed by atoms with Gasteiger partial charge >= 0.3 is 0 Å². The van der Waals surface area contributed by atoms with Gasteiger partial charge in [0, 0.05) is 13.1 Å². The van der Waals surface area contributed by atoms with Crippen molar-refractivity contribution < 1.29 is 19.0 Å². The van der Waals surface area contributed by atoms with E-state index in [1.165, 1.54) is 12.1 Å². The van der Waals surface area contributed by atoms with Crippen LogP contribution >= 0.6 is 0 Å². The van der Waals surface area contributed by atoms with Crippen LogP contribution in [0.1, 0.15) is 18.1 Å². The van der Waals surface area contributed by atoms with Gasteiger partial charge in [0.25, 0.3) is 5.91 Å². The molecule has 0 radical (unpaired) electrons. The minimum absolute atomic E-state index is 0.0776. The van der Waals surface area contributed by atoms with Gasteiger partial charge in [-0.05, 0) is 42.3 Å². The minimum Gasteiger partial charge on any atom is -0.484 e. The molecule has 5 heteroatoms. The predicted molar refractivity (Wildman–Crippen MR) is 85.4 cm³/mol. The third kappa shape index (κ3) is 5.07. The molecule has 2 aromatic rings. The Bertz CT molecular complexity index is 660. The van der Waals surface area contributed by atoms with E-state index < -0.39 is 0 Å². The van der Waals surface area contributed by atoms with E-state index in [4.69, 9.17) is 9.84 Å². The van der Waals surface area contributed by atoms with Crippen LogP contribution in [0.2, 0.25) is 0 Å². The van der Waals surface area contributed by atoms with Crippen molar-refractivity contribution in [3.8, 4) is 5.75 Å². The Balaban J connectivity index is 1.94. The largest absolute Gasteiger partial charge is 0.484 e.